The predicted molar refractivity (Wildman–Crippen MR) is 86.6 cm³/mol. The van der Waals surface area contributed by atoms with Crippen LogP contribution in [0.3, 0.4) is 0 Å². The van der Waals surface area contributed by atoms with E-state index in [2.05, 4.69) is 30.3 Å². The van der Waals surface area contributed by atoms with Gasteiger partial charge in [-0.2, -0.15) is 0 Å². The first-order valence-corrected chi connectivity index (χ1v) is 7.79. The molecule has 0 saturated heterocycles. The molecule has 1 unspecified atom stereocenters. The van der Waals surface area contributed by atoms with Gasteiger partial charge < -0.3 is 10.5 Å². The van der Waals surface area contributed by atoms with Crippen LogP contribution in [0.1, 0.15) is 35.6 Å². The van der Waals surface area contributed by atoms with E-state index in [4.69, 9.17) is 10.5 Å². The van der Waals surface area contributed by atoms with Gasteiger partial charge in [-0.05, 0) is 67.0 Å². The smallest absolute Gasteiger partial charge is 0.119 e. The number of nitrogens with two attached hydrogens (primary N) is 1. The van der Waals surface area contributed by atoms with Gasteiger partial charge in [-0.15, -0.1) is 0 Å². The molecule has 0 saturated carbocycles. The Labute approximate surface area is 126 Å². The van der Waals surface area contributed by atoms with E-state index in [0.29, 0.717) is 6.61 Å². The first-order chi connectivity index (χ1) is 10.2. The van der Waals surface area contributed by atoms with Crippen molar-refractivity contribution in [1.82, 2.24) is 0 Å². The minimum Gasteiger partial charge on any atom is -0.489 e. The van der Waals surface area contributed by atoms with Crippen LogP contribution in [0.5, 0.6) is 5.75 Å². The highest BCUT2D eigenvalue weighted by atomic mass is 16.5. The second-order valence-corrected chi connectivity index (χ2v) is 6.07. The summed E-state index contributed by atoms with van der Waals surface area (Å²) in [5.41, 5.74) is 11.3. The number of aryl methyl sites for hydroxylation is 2. The standard InChI is InChI=1S/C19H23NO/c1-14(20)11-15-6-9-19(10-7-15)21-13-16-5-8-17-3-2-4-18(17)12-16/h5-10,12,14H,2-4,11,13,20H2,1H3. The number of hydrogen-bond acceptors (Lipinski definition) is 2. The van der Waals surface area contributed by atoms with Crippen molar-refractivity contribution in [3.8, 4) is 5.75 Å². The van der Waals surface area contributed by atoms with Crippen LogP contribution in [0.25, 0.3) is 0 Å². The van der Waals surface area contributed by atoms with Crippen LogP contribution in [-0.2, 0) is 25.9 Å². The Morgan fingerprint density at radius 2 is 1.71 bits per heavy atom. The highest BCUT2D eigenvalue weighted by Crippen LogP contribution is 2.23. The SMILES string of the molecule is CC(N)Cc1ccc(OCc2ccc3c(c2)CCC3)cc1. The fourth-order valence-corrected chi connectivity index (χ4v) is 2.98. The lowest BCUT2D eigenvalue weighted by molar-refractivity contribution is 0.306. The molecule has 2 aromatic rings. The predicted octanol–water partition coefficient (Wildman–Crippen LogP) is 3.64. The van der Waals surface area contributed by atoms with Crippen molar-refractivity contribution < 1.29 is 4.74 Å². The summed E-state index contributed by atoms with van der Waals surface area (Å²) in [6.45, 7) is 2.66. The van der Waals surface area contributed by atoms with Gasteiger partial charge in [0.05, 0.1) is 0 Å². The average Bonchev–Trinajstić information content (AvgIpc) is 2.93. The van der Waals surface area contributed by atoms with E-state index in [1.165, 1.54) is 41.5 Å². The van der Waals surface area contributed by atoms with Crippen LogP contribution in [0.15, 0.2) is 42.5 Å². The third-order valence-electron chi connectivity index (χ3n) is 4.05. The maximum Gasteiger partial charge on any atom is 0.119 e. The van der Waals surface area contributed by atoms with Gasteiger partial charge in [0.1, 0.15) is 12.4 Å². The largest absolute Gasteiger partial charge is 0.489 e. The maximum absolute atomic E-state index is 5.88. The van der Waals surface area contributed by atoms with Gasteiger partial charge in [0.15, 0.2) is 0 Å². The lowest BCUT2D eigenvalue weighted by Crippen LogP contribution is -2.17. The average molecular weight is 281 g/mol. The summed E-state index contributed by atoms with van der Waals surface area (Å²) in [6.07, 6.45) is 4.65. The number of hydrogen-bond donors (Lipinski definition) is 1. The lowest BCUT2D eigenvalue weighted by Gasteiger charge is -2.10. The highest BCUT2D eigenvalue weighted by molar-refractivity contribution is 5.35. The summed E-state index contributed by atoms with van der Waals surface area (Å²) in [5, 5.41) is 0. The van der Waals surface area contributed by atoms with Crippen molar-refractivity contribution in [3.05, 3.63) is 64.7 Å². The number of ether oxygens (including phenoxy) is 1. The Bertz CT molecular complexity index is 601. The Kier molecular flexibility index (Phi) is 4.26. The molecule has 2 heteroatoms. The van der Waals surface area contributed by atoms with Crippen molar-refractivity contribution >= 4 is 0 Å². The van der Waals surface area contributed by atoms with E-state index in [0.717, 1.165) is 12.2 Å². The number of benzene rings is 2. The summed E-state index contributed by atoms with van der Waals surface area (Å²) in [6, 6.07) is 15.2. The molecule has 0 radical (unpaired) electrons. The molecule has 0 spiro atoms. The first kappa shape index (κ1) is 14.2. The van der Waals surface area contributed by atoms with Crippen molar-refractivity contribution in [1.29, 1.82) is 0 Å². The van der Waals surface area contributed by atoms with Gasteiger partial charge in [-0.1, -0.05) is 30.3 Å². The quantitative estimate of drug-likeness (QED) is 0.908. The fraction of sp³-hybridized carbons (Fsp3) is 0.368. The van der Waals surface area contributed by atoms with Crippen molar-refractivity contribution in [2.75, 3.05) is 0 Å². The highest BCUT2D eigenvalue weighted by Gasteiger charge is 2.10. The van der Waals surface area contributed by atoms with Crippen LogP contribution >= 0.6 is 0 Å². The second kappa shape index (κ2) is 6.31. The van der Waals surface area contributed by atoms with Crippen LogP contribution in [0.4, 0.5) is 0 Å². The van der Waals surface area contributed by atoms with Gasteiger partial charge >= 0.3 is 0 Å². The molecule has 2 nitrogen and oxygen atoms in total. The van der Waals surface area contributed by atoms with Gasteiger partial charge in [-0.3, -0.25) is 0 Å². The zero-order valence-corrected chi connectivity index (χ0v) is 12.6. The van der Waals surface area contributed by atoms with Gasteiger partial charge in [0.25, 0.3) is 0 Å². The third-order valence-corrected chi connectivity index (χ3v) is 4.05. The summed E-state index contributed by atoms with van der Waals surface area (Å²) in [4.78, 5) is 0. The Morgan fingerprint density at radius 3 is 2.48 bits per heavy atom. The summed E-state index contributed by atoms with van der Waals surface area (Å²) in [7, 11) is 0. The Hall–Kier alpha value is -1.80. The summed E-state index contributed by atoms with van der Waals surface area (Å²) < 4.78 is 5.88. The molecule has 110 valence electrons. The van der Waals surface area contributed by atoms with Crippen molar-refractivity contribution in [2.45, 2.75) is 45.3 Å². The molecule has 21 heavy (non-hydrogen) atoms. The van der Waals surface area contributed by atoms with Gasteiger partial charge in [-0.25, -0.2) is 0 Å². The molecule has 1 atom stereocenters. The van der Waals surface area contributed by atoms with Crippen LogP contribution < -0.4 is 10.5 Å². The molecule has 0 amide bonds. The number of rotatable bonds is 5. The molecular weight excluding hydrogens is 258 g/mol. The van der Waals surface area contributed by atoms with E-state index in [-0.39, 0.29) is 6.04 Å². The lowest BCUT2D eigenvalue weighted by atomic mass is 10.1. The molecular formula is C19H23NO. The molecule has 0 aliphatic heterocycles. The van der Waals surface area contributed by atoms with Crippen LogP contribution in [-0.4, -0.2) is 6.04 Å². The molecule has 2 N–H and O–H groups in total. The number of fused-ring (bicyclic) bond motifs is 1. The minimum absolute atomic E-state index is 0.197. The zero-order chi connectivity index (χ0) is 14.7. The second-order valence-electron chi connectivity index (χ2n) is 6.07. The fourth-order valence-electron chi connectivity index (χ4n) is 2.98. The van der Waals surface area contributed by atoms with E-state index < -0.39 is 0 Å². The van der Waals surface area contributed by atoms with Gasteiger partial charge in [0, 0.05) is 6.04 Å². The van der Waals surface area contributed by atoms with Crippen LogP contribution in [0, 0.1) is 0 Å². The molecule has 2 aromatic carbocycles. The zero-order valence-electron chi connectivity index (χ0n) is 12.6. The van der Waals surface area contributed by atoms with Crippen molar-refractivity contribution in [2.24, 2.45) is 5.73 Å². The minimum atomic E-state index is 0.197. The van der Waals surface area contributed by atoms with E-state index in [9.17, 15) is 0 Å². The monoisotopic (exact) mass is 281 g/mol. The molecule has 1 aliphatic carbocycles. The molecule has 0 heterocycles. The third kappa shape index (κ3) is 3.64. The maximum atomic E-state index is 5.88. The Morgan fingerprint density at radius 1 is 1.00 bits per heavy atom. The normalized spacial score (nSPS) is 14.8. The van der Waals surface area contributed by atoms with Gasteiger partial charge in [0.2, 0.25) is 0 Å². The van der Waals surface area contributed by atoms with E-state index in [1.807, 2.05) is 19.1 Å². The van der Waals surface area contributed by atoms with E-state index >= 15 is 0 Å². The van der Waals surface area contributed by atoms with Crippen molar-refractivity contribution in [3.63, 3.8) is 0 Å². The van der Waals surface area contributed by atoms with E-state index in [1.54, 1.807) is 0 Å². The first-order valence-electron chi connectivity index (χ1n) is 7.79. The topological polar surface area (TPSA) is 35.2 Å². The summed E-state index contributed by atoms with van der Waals surface area (Å²) >= 11 is 0. The molecule has 1 aliphatic rings. The molecule has 3 rings (SSSR count). The molecule has 0 bridgehead atoms. The van der Waals surface area contributed by atoms with Crippen LogP contribution in [0.2, 0.25) is 0 Å². The molecule has 0 aromatic heterocycles. The Balaban J connectivity index is 1.59. The summed E-state index contributed by atoms with van der Waals surface area (Å²) in [5.74, 6) is 0.920. The molecule has 0 fully saturated rings.